The van der Waals surface area contributed by atoms with Gasteiger partial charge in [-0.3, -0.25) is 0 Å². The van der Waals surface area contributed by atoms with E-state index < -0.39 is 5.97 Å². The van der Waals surface area contributed by atoms with Crippen LogP contribution in [0.2, 0.25) is 0 Å². The molecule has 0 radical (unpaired) electrons. The lowest BCUT2D eigenvalue weighted by Crippen LogP contribution is -2.05. The number of aromatic carboxylic acids is 1. The molecule has 0 amide bonds. The van der Waals surface area contributed by atoms with Crippen molar-refractivity contribution >= 4 is 45.6 Å². The zero-order valence-electron chi connectivity index (χ0n) is 10.3. The van der Waals surface area contributed by atoms with Crippen LogP contribution >= 0.6 is 22.6 Å². The first-order valence-corrected chi connectivity index (χ1v) is 6.71. The minimum Gasteiger partial charge on any atom is -0.478 e. The van der Waals surface area contributed by atoms with Crippen molar-refractivity contribution in [2.45, 2.75) is 6.92 Å². The molecule has 2 rings (SSSR count). The van der Waals surface area contributed by atoms with E-state index in [9.17, 15) is 4.79 Å². The number of nitrogens with one attached hydrogen (secondary N) is 1. The van der Waals surface area contributed by atoms with E-state index in [0.717, 1.165) is 14.8 Å². The zero-order valence-corrected chi connectivity index (χ0v) is 12.4. The molecule has 0 saturated carbocycles. The van der Waals surface area contributed by atoms with E-state index >= 15 is 0 Å². The summed E-state index contributed by atoms with van der Waals surface area (Å²) in [7, 11) is 0. The highest BCUT2D eigenvalue weighted by molar-refractivity contribution is 14.1. The van der Waals surface area contributed by atoms with Gasteiger partial charge in [0.15, 0.2) is 0 Å². The molecule has 2 aromatic rings. The zero-order chi connectivity index (χ0) is 14.0. The Morgan fingerprint density at radius 3 is 2.63 bits per heavy atom. The second-order valence-corrected chi connectivity index (χ2v) is 5.44. The molecule has 4 nitrogen and oxygen atoms in total. The molecule has 4 N–H and O–H groups in total. The number of carboxylic acid groups (broad SMARTS) is 1. The Morgan fingerprint density at radius 2 is 2.00 bits per heavy atom. The standard InChI is InChI=1S/C14H13IN2O2/c1-8-5-11(7-12(13(8)16)14(18)19)17-10-4-2-3-9(15)6-10/h2-7,17H,16H2,1H3,(H,18,19). The molecule has 2 aromatic carbocycles. The fraction of sp³-hybridized carbons (Fsp3) is 0.0714. The second-order valence-electron chi connectivity index (χ2n) is 4.19. The molecular weight excluding hydrogens is 355 g/mol. The molecule has 0 aliphatic heterocycles. The molecular formula is C14H13IN2O2. The average Bonchev–Trinajstić information content (AvgIpc) is 2.33. The van der Waals surface area contributed by atoms with Crippen LogP contribution in [0.1, 0.15) is 15.9 Å². The number of anilines is 3. The number of aryl methyl sites for hydroxylation is 1. The minimum absolute atomic E-state index is 0.119. The van der Waals surface area contributed by atoms with Crippen molar-refractivity contribution in [3.63, 3.8) is 0 Å². The summed E-state index contributed by atoms with van der Waals surface area (Å²) in [6.07, 6.45) is 0. The van der Waals surface area contributed by atoms with Crippen LogP contribution in [-0.4, -0.2) is 11.1 Å². The monoisotopic (exact) mass is 368 g/mol. The van der Waals surface area contributed by atoms with Crippen molar-refractivity contribution in [2.75, 3.05) is 11.1 Å². The lowest BCUT2D eigenvalue weighted by Gasteiger charge is -2.11. The third-order valence-electron chi connectivity index (χ3n) is 2.73. The van der Waals surface area contributed by atoms with Gasteiger partial charge in [0.25, 0.3) is 0 Å². The van der Waals surface area contributed by atoms with Crippen molar-refractivity contribution in [1.29, 1.82) is 0 Å². The van der Waals surface area contributed by atoms with Gasteiger partial charge in [0.1, 0.15) is 0 Å². The first kappa shape index (κ1) is 13.7. The Labute approximate surface area is 124 Å². The van der Waals surface area contributed by atoms with E-state index in [1.165, 1.54) is 0 Å². The van der Waals surface area contributed by atoms with Crippen LogP contribution in [0.25, 0.3) is 0 Å². The molecule has 0 bridgehead atoms. The van der Waals surface area contributed by atoms with E-state index in [4.69, 9.17) is 10.8 Å². The van der Waals surface area contributed by atoms with Gasteiger partial charge >= 0.3 is 5.97 Å². The molecule has 5 heteroatoms. The van der Waals surface area contributed by atoms with Gasteiger partial charge in [-0.05, 0) is 65.4 Å². The van der Waals surface area contributed by atoms with Crippen molar-refractivity contribution in [1.82, 2.24) is 0 Å². The molecule has 0 aliphatic carbocycles. The molecule has 0 atom stereocenters. The van der Waals surface area contributed by atoms with Crippen molar-refractivity contribution in [3.8, 4) is 0 Å². The van der Waals surface area contributed by atoms with E-state index in [1.54, 1.807) is 13.0 Å². The summed E-state index contributed by atoms with van der Waals surface area (Å²) in [5.41, 5.74) is 8.55. The third kappa shape index (κ3) is 3.17. The Hall–Kier alpha value is -1.76. The topological polar surface area (TPSA) is 75.3 Å². The highest BCUT2D eigenvalue weighted by Gasteiger charge is 2.11. The number of nitrogens with two attached hydrogens (primary N) is 1. The van der Waals surface area contributed by atoms with Crippen molar-refractivity contribution in [2.24, 2.45) is 0 Å². The van der Waals surface area contributed by atoms with Crippen molar-refractivity contribution in [3.05, 3.63) is 51.1 Å². The number of hydrogen-bond donors (Lipinski definition) is 3. The summed E-state index contributed by atoms with van der Waals surface area (Å²) >= 11 is 2.22. The molecule has 19 heavy (non-hydrogen) atoms. The van der Waals surface area contributed by atoms with Crippen molar-refractivity contribution < 1.29 is 9.90 Å². The summed E-state index contributed by atoms with van der Waals surface area (Å²) in [5.74, 6) is -1.02. The van der Waals surface area contributed by atoms with Crippen LogP contribution in [0.15, 0.2) is 36.4 Å². The number of halogens is 1. The van der Waals surface area contributed by atoms with Gasteiger partial charge in [-0.1, -0.05) is 6.07 Å². The highest BCUT2D eigenvalue weighted by atomic mass is 127. The average molecular weight is 368 g/mol. The smallest absolute Gasteiger partial charge is 0.337 e. The minimum atomic E-state index is -1.02. The Balaban J connectivity index is 2.38. The SMILES string of the molecule is Cc1cc(Nc2cccc(I)c2)cc(C(=O)O)c1N. The molecule has 0 unspecified atom stereocenters. The van der Waals surface area contributed by atoms with Crippen LogP contribution in [0.5, 0.6) is 0 Å². The predicted molar refractivity (Wildman–Crippen MR) is 85.0 cm³/mol. The van der Waals surface area contributed by atoms with Gasteiger partial charge in [0, 0.05) is 20.6 Å². The van der Waals surface area contributed by atoms with E-state index in [2.05, 4.69) is 27.9 Å². The first-order chi connectivity index (χ1) is 8.97. The van der Waals surface area contributed by atoms with Gasteiger partial charge < -0.3 is 16.2 Å². The van der Waals surface area contributed by atoms with E-state index in [1.807, 2.05) is 30.3 Å². The van der Waals surface area contributed by atoms with Gasteiger partial charge in [0.2, 0.25) is 0 Å². The van der Waals surface area contributed by atoms with Crippen LogP contribution in [0, 0.1) is 10.5 Å². The Morgan fingerprint density at radius 1 is 1.26 bits per heavy atom. The number of hydrogen-bond acceptors (Lipinski definition) is 3. The van der Waals surface area contributed by atoms with Crippen LogP contribution in [0.3, 0.4) is 0 Å². The normalized spacial score (nSPS) is 10.2. The van der Waals surface area contributed by atoms with E-state index in [-0.39, 0.29) is 5.56 Å². The fourth-order valence-corrected chi connectivity index (χ4v) is 2.32. The van der Waals surface area contributed by atoms with Crippen LogP contribution in [-0.2, 0) is 0 Å². The third-order valence-corrected chi connectivity index (χ3v) is 3.40. The second kappa shape index (κ2) is 5.48. The number of rotatable bonds is 3. The van der Waals surface area contributed by atoms with Crippen LogP contribution < -0.4 is 11.1 Å². The summed E-state index contributed by atoms with van der Waals surface area (Å²) < 4.78 is 1.10. The Bertz CT molecular complexity index is 641. The number of carbonyl (C=O) groups is 1. The quantitative estimate of drug-likeness (QED) is 0.572. The molecule has 0 aromatic heterocycles. The summed E-state index contributed by atoms with van der Waals surface area (Å²) in [6.45, 7) is 1.79. The molecule has 0 fully saturated rings. The van der Waals surface area contributed by atoms with E-state index in [0.29, 0.717) is 11.4 Å². The highest BCUT2D eigenvalue weighted by Crippen LogP contribution is 2.26. The predicted octanol–water partition coefficient (Wildman–Crippen LogP) is 3.62. The maximum absolute atomic E-state index is 11.1. The number of nitrogen functional groups attached to an aromatic ring is 1. The fourth-order valence-electron chi connectivity index (χ4n) is 1.78. The van der Waals surface area contributed by atoms with Crippen LogP contribution in [0.4, 0.5) is 17.1 Å². The summed E-state index contributed by atoms with van der Waals surface area (Å²) in [4.78, 5) is 11.1. The largest absolute Gasteiger partial charge is 0.478 e. The first-order valence-electron chi connectivity index (χ1n) is 5.63. The summed E-state index contributed by atoms with van der Waals surface area (Å²) in [6, 6.07) is 11.2. The van der Waals surface area contributed by atoms with Gasteiger partial charge in [0.05, 0.1) is 5.56 Å². The van der Waals surface area contributed by atoms with Gasteiger partial charge in [-0.25, -0.2) is 4.79 Å². The van der Waals surface area contributed by atoms with Gasteiger partial charge in [-0.15, -0.1) is 0 Å². The Kier molecular flexibility index (Phi) is 3.94. The maximum atomic E-state index is 11.1. The summed E-state index contributed by atoms with van der Waals surface area (Å²) in [5, 5.41) is 12.3. The number of carboxylic acids is 1. The lowest BCUT2D eigenvalue weighted by molar-refractivity contribution is 0.0698. The molecule has 0 spiro atoms. The van der Waals surface area contributed by atoms with Gasteiger partial charge in [-0.2, -0.15) is 0 Å². The molecule has 98 valence electrons. The molecule has 0 saturated heterocycles. The molecule has 0 aliphatic rings. The maximum Gasteiger partial charge on any atom is 0.337 e. The molecule has 0 heterocycles. The lowest BCUT2D eigenvalue weighted by atomic mass is 10.1. The number of benzene rings is 2.